The number of ether oxygens (including phenoxy) is 2. The quantitative estimate of drug-likeness (QED) is 0.554. The zero-order chi connectivity index (χ0) is 19.3. The van der Waals surface area contributed by atoms with Crippen LogP contribution >= 0.6 is 0 Å². The van der Waals surface area contributed by atoms with Crippen molar-refractivity contribution < 1.29 is 14.3 Å². The largest absolute Gasteiger partial charge is 0.488 e. The predicted molar refractivity (Wildman–Crippen MR) is 103 cm³/mol. The molecule has 0 unspecified atom stereocenters. The van der Waals surface area contributed by atoms with Crippen molar-refractivity contribution in [2.45, 2.75) is 6.92 Å². The molecular weight excluding hydrogens is 358 g/mol. The van der Waals surface area contributed by atoms with Gasteiger partial charge in [-0.25, -0.2) is 9.97 Å². The Kier molecular flexibility index (Phi) is 4.83. The second-order valence-corrected chi connectivity index (χ2v) is 5.79. The van der Waals surface area contributed by atoms with Crippen LogP contribution < -0.4 is 14.8 Å². The molecule has 0 aromatic carbocycles. The van der Waals surface area contributed by atoms with E-state index in [0.29, 0.717) is 35.3 Å². The topological polar surface area (TPSA) is 90.6 Å². The van der Waals surface area contributed by atoms with Crippen molar-refractivity contribution in [2.75, 3.05) is 11.9 Å². The van der Waals surface area contributed by atoms with Crippen LogP contribution in [0.3, 0.4) is 0 Å². The number of hydrogen-bond donors (Lipinski definition) is 1. The standard InChI is InChI=1S/C20H17N5O3/c1-2-27-17-6-4-10-22-20(17)28-15-7-8-18-24-16(13-25(18)12-15)19(26)23-14-5-3-9-21-11-14/h3-13H,2H2,1H3,(H,23,26). The fourth-order valence-electron chi connectivity index (χ4n) is 2.60. The molecule has 4 aromatic heterocycles. The molecule has 0 aliphatic rings. The van der Waals surface area contributed by atoms with Crippen LogP contribution in [0.2, 0.25) is 0 Å². The molecule has 8 nitrogen and oxygen atoms in total. The third-order valence-corrected chi connectivity index (χ3v) is 3.83. The molecule has 4 heterocycles. The fraction of sp³-hybridized carbons (Fsp3) is 0.100. The van der Waals surface area contributed by atoms with E-state index >= 15 is 0 Å². The first-order valence-corrected chi connectivity index (χ1v) is 8.69. The first kappa shape index (κ1) is 17.5. The fourth-order valence-corrected chi connectivity index (χ4v) is 2.60. The third kappa shape index (κ3) is 3.75. The van der Waals surface area contributed by atoms with Crippen molar-refractivity contribution in [3.8, 4) is 17.4 Å². The van der Waals surface area contributed by atoms with Gasteiger partial charge in [0.1, 0.15) is 17.1 Å². The van der Waals surface area contributed by atoms with Gasteiger partial charge >= 0.3 is 0 Å². The lowest BCUT2D eigenvalue weighted by Crippen LogP contribution is -2.12. The van der Waals surface area contributed by atoms with Crippen LogP contribution in [-0.2, 0) is 0 Å². The molecule has 0 fully saturated rings. The zero-order valence-electron chi connectivity index (χ0n) is 15.1. The maximum atomic E-state index is 12.4. The molecule has 0 atom stereocenters. The minimum atomic E-state index is -0.317. The molecule has 1 N–H and O–H groups in total. The van der Waals surface area contributed by atoms with Crippen molar-refractivity contribution in [1.29, 1.82) is 0 Å². The van der Waals surface area contributed by atoms with E-state index in [1.807, 2.05) is 6.92 Å². The molecule has 0 bridgehead atoms. The van der Waals surface area contributed by atoms with Gasteiger partial charge in [0.2, 0.25) is 0 Å². The average molecular weight is 375 g/mol. The smallest absolute Gasteiger partial charge is 0.275 e. The van der Waals surface area contributed by atoms with Crippen LogP contribution in [0.4, 0.5) is 5.69 Å². The summed E-state index contributed by atoms with van der Waals surface area (Å²) >= 11 is 0. The van der Waals surface area contributed by atoms with Crippen molar-refractivity contribution in [3.63, 3.8) is 0 Å². The molecule has 0 aliphatic heterocycles. The number of rotatable bonds is 6. The van der Waals surface area contributed by atoms with Gasteiger partial charge in [0.25, 0.3) is 11.8 Å². The Bertz CT molecular complexity index is 1110. The Morgan fingerprint density at radius 1 is 1.14 bits per heavy atom. The van der Waals surface area contributed by atoms with Crippen LogP contribution in [-0.4, -0.2) is 31.9 Å². The van der Waals surface area contributed by atoms with E-state index in [0.717, 1.165) is 0 Å². The first-order chi connectivity index (χ1) is 13.7. The minimum Gasteiger partial charge on any atom is -0.488 e. The van der Waals surface area contributed by atoms with Crippen molar-refractivity contribution in [2.24, 2.45) is 0 Å². The van der Waals surface area contributed by atoms with Gasteiger partial charge in [-0.05, 0) is 43.3 Å². The predicted octanol–water partition coefficient (Wildman–Crippen LogP) is 3.57. The Morgan fingerprint density at radius 2 is 2.04 bits per heavy atom. The highest BCUT2D eigenvalue weighted by Crippen LogP contribution is 2.29. The van der Waals surface area contributed by atoms with Crippen molar-refractivity contribution in [3.05, 3.63) is 73.1 Å². The molecule has 1 amide bonds. The third-order valence-electron chi connectivity index (χ3n) is 3.83. The SMILES string of the molecule is CCOc1cccnc1Oc1ccc2nc(C(=O)Nc3cccnc3)cn2c1. The summed E-state index contributed by atoms with van der Waals surface area (Å²) in [7, 11) is 0. The van der Waals surface area contributed by atoms with Crippen LogP contribution in [0.25, 0.3) is 5.65 Å². The van der Waals surface area contributed by atoms with Gasteiger partial charge in [0.15, 0.2) is 5.75 Å². The summed E-state index contributed by atoms with van der Waals surface area (Å²) in [5, 5.41) is 2.76. The van der Waals surface area contributed by atoms with Crippen molar-refractivity contribution in [1.82, 2.24) is 19.4 Å². The number of imidazole rings is 1. The lowest BCUT2D eigenvalue weighted by atomic mass is 10.4. The van der Waals surface area contributed by atoms with Gasteiger partial charge in [-0.3, -0.25) is 9.78 Å². The molecule has 140 valence electrons. The molecule has 8 heteroatoms. The Morgan fingerprint density at radius 3 is 2.86 bits per heavy atom. The van der Waals surface area contributed by atoms with Gasteiger partial charge in [-0.15, -0.1) is 0 Å². The molecule has 4 aromatic rings. The van der Waals surface area contributed by atoms with E-state index in [1.54, 1.807) is 71.8 Å². The van der Waals surface area contributed by atoms with Crippen LogP contribution in [0.1, 0.15) is 17.4 Å². The number of fused-ring (bicyclic) bond motifs is 1. The van der Waals surface area contributed by atoms with Gasteiger partial charge in [0, 0.05) is 18.6 Å². The van der Waals surface area contributed by atoms with Gasteiger partial charge in [-0.1, -0.05) is 0 Å². The average Bonchev–Trinajstić information content (AvgIpc) is 3.14. The van der Waals surface area contributed by atoms with Gasteiger partial charge < -0.3 is 19.2 Å². The monoisotopic (exact) mass is 375 g/mol. The van der Waals surface area contributed by atoms with E-state index in [4.69, 9.17) is 9.47 Å². The molecule has 4 rings (SSSR count). The number of amides is 1. The second kappa shape index (κ2) is 7.75. The summed E-state index contributed by atoms with van der Waals surface area (Å²) in [5.74, 6) is 1.16. The van der Waals surface area contributed by atoms with Crippen molar-refractivity contribution >= 4 is 17.2 Å². The van der Waals surface area contributed by atoms with E-state index in [9.17, 15) is 4.79 Å². The highest BCUT2D eigenvalue weighted by Gasteiger charge is 2.13. The normalized spacial score (nSPS) is 10.6. The number of hydrogen-bond acceptors (Lipinski definition) is 6. The van der Waals surface area contributed by atoms with E-state index in [-0.39, 0.29) is 11.6 Å². The maximum Gasteiger partial charge on any atom is 0.275 e. The molecule has 0 aliphatic carbocycles. The first-order valence-electron chi connectivity index (χ1n) is 8.69. The van der Waals surface area contributed by atoms with Crippen LogP contribution in [0.5, 0.6) is 17.4 Å². The molecule has 0 saturated heterocycles. The molecule has 0 radical (unpaired) electrons. The number of pyridine rings is 3. The minimum absolute atomic E-state index is 0.286. The Labute approximate surface area is 160 Å². The molecular formula is C20H17N5O3. The lowest BCUT2D eigenvalue weighted by molar-refractivity contribution is 0.102. The number of nitrogens with one attached hydrogen (secondary N) is 1. The second-order valence-electron chi connectivity index (χ2n) is 5.79. The van der Waals surface area contributed by atoms with E-state index in [2.05, 4.69) is 20.3 Å². The maximum absolute atomic E-state index is 12.4. The highest BCUT2D eigenvalue weighted by molar-refractivity contribution is 6.03. The van der Waals surface area contributed by atoms with E-state index in [1.165, 1.54) is 0 Å². The number of anilines is 1. The molecule has 0 saturated carbocycles. The highest BCUT2D eigenvalue weighted by atomic mass is 16.5. The lowest BCUT2D eigenvalue weighted by Gasteiger charge is -2.09. The van der Waals surface area contributed by atoms with Gasteiger partial charge in [-0.2, -0.15) is 0 Å². The van der Waals surface area contributed by atoms with E-state index < -0.39 is 0 Å². The van der Waals surface area contributed by atoms with Crippen LogP contribution in [0, 0.1) is 0 Å². The summed E-state index contributed by atoms with van der Waals surface area (Å²) in [6, 6.07) is 10.6. The summed E-state index contributed by atoms with van der Waals surface area (Å²) in [6.07, 6.45) is 8.21. The Hall–Kier alpha value is -3.94. The number of carbonyl (C=O) groups is 1. The Balaban J connectivity index is 1.56. The summed E-state index contributed by atoms with van der Waals surface area (Å²) < 4.78 is 13.1. The number of aromatic nitrogens is 4. The molecule has 0 spiro atoms. The molecule has 28 heavy (non-hydrogen) atoms. The van der Waals surface area contributed by atoms with Crippen LogP contribution in [0.15, 0.2) is 67.4 Å². The summed E-state index contributed by atoms with van der Waals surface area (Å²) in [6.45, 7) is 2.41. The summed E-state index contributed by atoms with van der Waals surface area (Å²) in [4.78, 5) is 24.9. The zero-order valence-corrected chi connectivity index (χ0v) is 15.1. The number of nitrogens with zero attached hydrogens (tertiary/aromatic N) is 4. The summed E-state index contributed by atoms with van der Waals surface area (Å²) in [5.41, 5.74) is 1.51. The number of carbonyl (C=O) groups excluding carboxylic acids is 1. The van der Waals surface area contributed by atoms with Gasteiger partial charge in [0.05, 0.1) is 24.7 Å².